The number of hydrogen-bond acceptors (Lipinski definition) is 7. The second-order valence-corrected chi connectivity index (χ2v) is 10.4. The van der Waals surface area contributed by atoms with Crippen molar-refractivity contribution < 1.29 is 0 Å². The molecule has 5 aromatic heterocycles. The van der Waals surface area contributed by atoms with E-state index in [1.807, 2.05) is 30.6 Å². The number of aliphatic imine (C=N–C) groups is 2. The Kier molecular flexibility index (Phi) is 5.76. The van der Waals surface area contributed by atoms with Crippen LogP contribution in [0.1, 0.15) is 9.75 Å². The summed E-state index contributed by atoms with van der Waals surface area (Å²) in [6, 6.07) is 22.6. The second-order valence-electron chi connectivity index (χ2n) is 6.23. The summed E-state index contributed by atoms with van der Waals surface area (Å²) in [7, 11) is 0. The third-order valence-electron chi connectivity index (χ3n) is 4.15. The van der Waals surface area contributed by atoms with Crippen LogP contribution < -0.4 is 0 Å². The van der Waals surface area contributed by atoms with Gasteiger partial charge in [-0.25, -0.2) is 15.0 Å². The number of nitrogens with zero attached hydrogens (tertiary/aromatic N) is 3. The van der Waals surface area contributed by atoms with E-state index >= 15 is 0 Å². The lowest BCUT2D eigenvalue weighted by atomic mass is 10.4. The predicted octanol–water partition coefficient (Wildman–Crippen LogP) is 8.16. The third-order valence-corrected chi connectivity index (χ3v) is 8.32. The van der Waals surface area contributed by atoms with Gasteiger partial charge in [-0.1, -0.05) is 18.2 Å². The van der Waals surface area contributed by atoms with Crippen molar-refractivity contribution in [3.63, 3.8) is 0 Å². The van der Waals surface area contributed by atoms with Gasteiger partial charge in [0.1, 0.15) is 0 Å². The fourth-order valence-electron chi connectivity index (χ4n) is 2.76. The Labute approximate surface area is 190 Å². The summed E-state index contributed by atoms with van der Waals surface area (Å²) in [6.45, 7) is 0. The van der Waals surface area contributed by atoms with E-state index in [1.165, 1.54) is 19.5 Å². The Morgan fingerprint density at radius 3 is 1.57 bits per heavy atom. The van der Waals surface area contributed by atoms with Gasteiger partial charge in [0.05, 0.1) is 0 Å². The first-order valence-electron chi connectivity index (χ1n) is 9.16. The van der Waals surface area contributed by atoms with Gasteiger partial charge in [-0.2, -0.15) is 0 Å². The van der Waals surface area contributed by atoms with E-state index in [-0.39, 0.29) is 0 Å². The largest absolute Gasteiger partial charge is 0.236 e. The standard InChI is InChI=1S/C23H15N3S4/c1-6-22(24-14-16-8-10-20(29-16)18-4-2-12-27-18)26-23(7-1)25-15-17-9-11-21(30-17)19-5-3-13-28-19/h1-15H/b24-14+,25-15+. The second kappa shape index (κ2) is 8.97. The molecule has 0 aliphatic heterocycles. The number of hydrogen-bond donors (Lipinski definition) is 0. The van der Waals surface area contributed by atoms with Gasteiger partial charge in [0.2, 0.25) is 0 Å². The molecule has 0 N–H and O–H groups in total. The van der Waals surface area contributed by atoms with Crippen molar-refractivity contribution in [2.24, 2.45) is 9.98 Å². The molecule has 5 rings (SSSR count). The average molecular weight is 462 g/mol. The molecule has 3 nitrogen and oxygen atoms in total. The summed E-state index contributed by atoms with van der Waals surface area (Å²) in [4.78, 5) is 20.9. The van der Waals surface area contributed by atoms with Crippen molar-refractivity contribution in [3.05, 3.63) is 87.2 Å². The quantitative estimate of drug-likeness (QED) is 0.235. The molecule has 0 amide bonds. The topological polar surface area (TPSA) is 37.6 Å². The SMILES string of the molecule is C(=N\c1cccc(/N=C/c2ccc(-c3cccs3)s2)n1)/c1ccc(-c2cccs2)s1. The Bertz CT molecular complexity index is 1190. The lowest BCUT2D eigenvalue weighted by Gasteiger charge is -1.95. The molecule has 0 fully saturated rings. The van der Waals surface area contributed by atoms with Crippen molar-refractivity contribution >= 4 is 69.4 Å². The molecule has 0 unspecified atom stereocenters. The van der Waals surface area contributed by atoms with E-state index in [1.54, 1.807) is 45.3 Å². The van der Waals surface area contributed by atoms with E-state index in [4.69, 9.17) is 0 Å². The van der Waals surface area contributed by atoms with Crippen LogP contribution in [-0.2, 0) is 0 Å². The van der Waals surface area contributed by atoms with Gasteiger partial charge in [-0.15, -0.1) is 45.3 Å². The van der Waals surface area contributed by atoms with Crippen LogP contribution in [0.5, 0.6) is 0 Å². The summed E-state index contributed by atoms with van der Waals surface area (Å²) < 4.78 is 0. The van der Waals surface area contributed by atoms with Gasteiger partial charge >= 0.3 is 0 Å². The molecule has 7 heteroatoms. The van der Waals surface area contributed by atoms with Crippen LogP contribution in [0, 0.1) is 0 Å². The van der Waals surface area contributed by atoms with Crippen LogP contribution in [0.15, 0.2) is 87.5 Å². The van der Waals surface area contributed by atoms with E-state index in [0.717, 1.165) is 9.75 Å². The van der Waals surface area contributed by atoms with Gasteiger partial charge in [-0.05, 0) is 59.3 Å². The predicted molar refractivity (Wildman–Crippen MR) is 134 cm³/mol. The Morgan fingerprint density at radius 2 is 1.10 bits per heavy atom. The van der Waals surface area contributed by atoms with Gasteiger partial charge in [0, 0.05) is 41.7 Å². The molecule has 0 saturated heterocycles. The van der Waals surface area contributed by atoms with E-state index < -0.39 is 0 Å². The number of aromatic nitrogens is 1. The molecule has 0 atom stereocenters. The maximum atomic E-state index is 4.53. The van der Waals surface area contributed by atoms with Gasteiger partial charge in [0.25, 0.3) is 0 Å². The highest BCUT2D eigenvalue weighted by Gasteiger charge is 2.04. The number of pyridine rings is 1. The third kappa shape index (κ3) is 4.55. The molecule has 30 heavy (non-hydrogen) atoms. The van der Waals surface area contributed by atoms with Crippen LogP contribution in [0.4, 0.5) is 11.6 Å². The van der Waals surface area contributed by atoms with E-state index in [9.17, 15) is 0 Å². The Balaban J connectivity index is 1.28. The summed E-state index contributed by atoms with van der Waals surface area (Å²) in [5, 5.41) is 4.19. The zero-order valence-electron chi connectivity index (χ0n) is 15.6. The molecule has 0 aromatic carbocycles. The van der Waals surface area contributed by atoms with Crippen LogP contribution in [-0.4, -0.2) is 17.4 Å². The first-order valence-corrected chi connectivity index (χ1v) is 12.6. The lowest BCUT2D eigenvalue weighted by Crippen LogP contribution is -1.79. The van der Waals surface area contributed by atoms with Crippen LogP contribution in [0.25, 0.3) is 19.5 Å². The minimum Gasteiger partial charge on any atom is -0.236 e. The minimum absolute atomic E-state index is 0.654. The van der Waals surface area contributed by atoms with Crippen molar-refractivity contribution in [2.75, 3.05) is 0 Å². The lowest BCUT2D eigenvalue weighted by molar-refractivity contribution is 1.25. The summed E-state index contributed by atoms with van der Waals surface area (Å²) in [5.74, 6) is 1.31. The summed E-state index contributed by atoms with van der Waals surface area (Å²) in [6.07, 6.45) is 3.73. The summed E-state index contributed by atoms with van der Waals surface area (Å²) >= 11 is 6.96. The van der Waals surface area contributed by atoms with Crippen LogP contribution in [0.3, 0.4) is 0 Å². The smallest absolute Gasteiger partial charge is 0.154 e. The normalized spacial score (nSPS) is 11.7. The summed E-state index contributed by atoms with van der Waals surface area (Å²) in [5.41, 5.74) is 0. The number of rotatable bonds is 6. The molecule has 0 bridgehead atoms. The first-order chi connectivity index (χ1) is 14.8. The van der Waals surface area contributed by atoms with Gasteiger partial charge < -0.3 is 0 Å². The maximum Gasteiger partial charge on any atom is 0.154 e. The Morgan fingerprint density at radius 1 is 0.567 bits per heavy atom. The van der Waals surface area contributed by atoms with Crippen molar-refractivity contribution in [2.45, 2.75) is 0 Å². The molecular weight excluding hydrogens is 447 g/mol. The molecular formula is C23H15N3S4. The highest BCUT2D eigenvalue weighted by Crippen LogP contribution is 2.32. The molecule has 0 aliphatic carbocycles. The molecule has 0 spiro atoms. The van der Waals surface area contributed by atoms with E-state index in [2.05, 4.69) is 74.3 Å². The van der Waals surface area contributed by atoms with Crippen molar-refractivity contribution in [3.8, 4) is 19.5 Å². The first kappa shape index (κ1) is 19.3. The Hall–Kier alpha value is -2.71. The molecule has 0 aliphatic rings. The van der Waals surface area contributed by atoms with Crippen LogP contribution >= 0.6 is 45.3 Å². The molecule has 0 radical (unpaired) electrons. The van der Waals surface area contributed by atoms with Crippen molar-refractivity contribution in [1.29, 1.82) is 0 Å². The van der Waals surface area contributed by atoms with Crippen molar-refractivity contribution in [1.82, 2.24) is 4.98 Å². The molecule has 5 aromatic rings. The molecule has 5 heterocycles. The number of thiophene rings is 4. The zero-order chi connectivity index (χ0) is 20.2. The highest BCUT2D eigenvalue weighted by molar-refractivity contribution is 7.22. The average Bonchev–Trinajstić information content (AvgIpc) is 3.57. The minimum atomic E-state index is 0.654. The highest BCUT2D eigenvalue weighted by atomic mass is 32.1. The fraction of sp³-hybridized carbons (Fsp3) is 0. The van der Waals surface area contributed by atoms with Crippen LogP contribution in [0.2, 0.25) is 0 Å². The maximum absolute atomic E-state index is 4.53. The van der Waals surface area contributed by atoms with Gasteiger partial charge in [0.15, 0.2) is 11.6 Å². The molecule has 0 saturated carbocycles. The van der Waals surface area contributed by atoms with E-state index in [0.29, 0.717) is 11.6 Å². The fourth-order valence-corrected chi connectivity index (χ4v) is 6.19. The zero-order valence-corrected chi connectivity index (χ0v) is 18.9. The molecule has 146 valence electrons. The monoisotopic (exact) mass is 461 g/mol. The van der Waals surface area contributed by atoms with Gasteiger partial charge in [-0.3, -0.25) is 0 Å².